The first-order chi connectivity index (χ1) is 33.8. The Balaban J connectivity index is 0.000000330. The van der Waals surface area contributed by atoms with Gasteiger partial charge in [0.05, 0.1) is 11.1 Å². The summed E-state index contributed by atoms with van der Waals surface area (Å²) >= 11 is 0. The lowest BCUT2D eigenvalue weighted by atomic mass is 9.98. The quantitative estimate of drug-likeness (QED) is 0.0503. The third-order valence-electron chi connectivity index (χ3n) is 12.3. The van der Waals surface area contributed by atoms with Crippen LogP contribution in [-0.4, -0.2) is 60.1 Å². The summed E-state index contributed by atoms with van der Waals surface area (Å²) in [4.78, 5) is 43.8. The largest absolute Gasteiger partial charge is 0.449 e. The molecule has 0 saturated carbocycles. The highest BCUT2D eigenvalue weighted by atomic mass is 31.2. The minimum absolute atomic E-state index is 0. The molecule has 0 saturated heterocycles. The van der Waals surface area contributed by atoms with Gasteiger partial charge in [0.15, 0.2) is 75.3 Å². The van der Waals surface area contributed by atoms with Gasteiger partial charge in [-0.1, -0.05) is 30.3 Å². The molecule has 7 heterocycles. The lowest BCUT2D eigenvalue weighted by Crippen LogP contribution is -2.35. The van der Waals surface area contributed by atoms with Gasteiger partial charge >= 0.3 is 13.6 Å². The second-order valence-electron chi connectivity index (χ2n) is 17.7. The van der Waals surface area contributed by atoms with E-state index in [2.05, 4.69) is 116 Å². The minimum Gasteiger partial charge on any atom is -0.449 e. The maximum absolute atomic E-state index is 12.2. The van der Waals surface area contributed by atoms with Crippen LogP contribution in [0.15, 0.2) is 195 Å². The smallest absolute Gasteiger partial charge is 0.339 e. The van der Waals surface area contributed by atoms with Gasteiger partial charge in [-0.2, -0.15) is 13.7 Å². The number of cyclic esters (lactones) is 1. The molecular weight excluding hydrogens is 944 g/mol. The van der Waals surface area contributed by atoms with E-state index < -0.39 is 7.60 Å². The summed E-state index contributed by atoms with van der Waals surface area (Å²) in [5.74, 6) is -0.250. The molecule has 13 nitrogen and oxygen atoms in total. The van der Waals surface area contributed by atoms with Crippen LogP contribution >= 0.6 is 7.60 Å². The Morgan fingerprint density at radius 3 is 1.62 bits per heavy atom. The van der Waals surface area contributed by atoms with Crippen LogP contribution in [0, 0.1) is 29.7 Å². The second kappa shape index (κ2) is 25.1. The van der Waals surface area contributed by atoms with Crippen LogP contribution in [0.2, 0.25) is 0 Å². The van der Waals surface area contributed by atoms with Gasteiger partial charge in [0, 0.05) is 117 Å². The minimum atomic E-state index is -4.02. The van der Waals surface area contributed by atoms with Crippen molar-refractivity contribution in [2.24, 2.45) is 0 Å². The molecule has 10 rings (SSSR count). The summed E-state index contributed by atoms with van der Waals surface area (Å²) in [6.45, 7) is 1.60. The first-order valence-electron chi connectivity index (χ1n) is 23.0. The van der Waals surface area contributed by atoms with E-state index in [0.29, 0.717) is 18.7 Å². The highest BCUT2D eigenvalue weighted by Crippen LogP contribution is 2.38. The molecule has 0 fully saturated rings. The SMILES string of the molecule is CN(C)c1ccc(C2OC(=O)c3cc(N(C)C)ccc32)cc1.O=P(O)(O)CC[n+]1ccc(-c2cc[n+](Cc3cccc(C[n+]4ccc(-c5cc[n+](-c6ccc7cccnc7c6)cc5)cc4)n3)cc2)cc1.[CH3-].[CH3-].[CH3-].[CH3-]. The number of carbonyl (C=O) groups is 1. The topological polar surface area (TPSA) is 132 Å². The molecule has 1 unspecified atom stereocenters. The summed E-state index contributed by atoms with van der Waals surface area (Å²) in [7, 11) is 3.91. The lowest BCUT2D eigenvalue weighted by molar-refractivity contribution is -0.692. The van der Waals surface area contributed by atoms with Crippen molar-refractivity contribution < 1.29 is 42.2 Å². The Hall–Kier alpha value is -7.96. The molecule has 74 heavy (non-hydrogen) atoms. The maximum atomic E-state index is 12.2. The fraction of sp³-hybridized carbons (Fsp3) is 0.150. The van der Waals surface area contributed by atoms with E-state index in [-0.39, 0.29) is 54.5 Å². The van der Waals surface area contributed by atoms with E-state index in [1.165, 1.54) is 0 Å². The molecule has 0 amide bonds. The van der Waals surface area contributed by atoms with Gasteiger partial charge in [-0.15, -0.1) is 0 Å². The predicted molar refractivity (Wildman–Crippen MR) is 295 cm³/mol. The Bertz CT molecular complexity index is 3310. The Kier molecular flexibility index (Phi) is 19.3. The number of esters is 1. The van der Waals surface area contributed by atoms with Crippen molar-refractivity contribution in [3.63, 3.8) is 0 Å². The number of carbonyl (C=O) groups excluding carboxylic acids is 1. The van der Waals surface area contributed by atoms with Crippen LogP contribution < -0.4 is 28.1 Å². The summed E-state index contributed by atoms with van der Waals surface area (Å²) < 4.78 is 24.8. The van der Waals surface area contributed by atoms with E-state index in [1.807, 2.05) is 136 Å². The number of nitrogens with zero attached hydrogens (tertiary/aromatic N) is 8. The monoisotopic (exact) mass is 1010 g/mol. The number of hydrogen-bond acceptors (Lipinski definition) is 7. The Labute approximate surface area is 437 Å². The number of hydrogen-bond donors (Lipinski definition) is 2. The first kappa shape index (κ1) is 56.9. The fourth-order valence-corrected chi connectivity index (χ4v) is 8.79. The molecule has 1 aliphatic heterocycles. The van der Waals surface area contributed by atoms with Crippen LogP contribution in [0.5, 0.6) is 0 Å². The molecular formula is C60H67N8O5P. The number of anilines is 2. The van der Waals surface area contributed by atoms with E-state index in [1.54, 1.807) is 4.57 Å². The van der Waals surface area contributed by atoms with Crippen LogP contribution in [0.25, 0.3) is 38.8 Å². The van der Waals surface area contributed by atoms with Crippen LogP contribution in [0.3, 0.4) is 0 Å². The molecule has 14 heteroatoms. The molecule has 6 aromatic heterocycles. The van der Waals surface area contributed by atoms with Gasteiger partial charge in [-0.3, -0.25) is 9.55 Å². The van der Waals surface area contributed by atoms with E-state index in [4.69, 9.17) is 19.5 Å². The van der Waals surface area contributed by atoms with Crippen molar-refractivity contribution in [3.8, 4) is 27.9 Å². The normalized spacial score (nSPS) is 12.3. The van der Waals surface area contributed by atoms with Crippen molar-refractivity contribution in [1.82, 2.24) is 9.97 Å². The van der Waals surface area contributed by atoms with Gasteiger partial charge in [-0.25, -0.2) is 14.3 Å². The van der Waals surface area contributed by atoms with Crippen molar-refractivity contribution in [3.05, 3.63) is 253 Å². The van der Waals surface area contributed by atoms with E-state index in [0.717, 1.165) is 72.7 Å². The molecule has 1 atom stereocenters. The lowest BCUT2D eigenvalue weighted by Gasteiger charge is -2.16. The van der Waals surface area contributed by atoms with Crippen LogP contribution in [-0.2, 0) is 28.9 Å². The molecule has 0 bridgehead atoms. The number of aromatic nitrogens is 6. The number of ether oxygens (including phenoxy) is 1. The molecule has 382 valence electrons. The maximum Gasteiger partial charge on any atom is 0.339 e. The predicted octanol–water partition coefficient (Wildman–Crippen LogP) is 9.26. The summed E-state index contributed by atoms with van der Waals surface area (Å²) in [5.41, 5.74) is 13.1. The molecule has 2 N–H and O–H groups in total. The first-order valence-corrected chi connectivity index (χ1v) is 24.8. The third-order valence-corrected chi connectivity index (χ3v) is 13.0. The Morgan fingerprint density at radius 2 is 1.09 bits per heavy atom. The fourth-order valence-electron chi connectivity index (χ4n) is 8.30. The number of fused-ring (bicyclic) bond motifs is 2. The van der Waals surface area contributed by atoms with Gasteiger partial charge in [-0.05, 0) is 76.3 Å². The summed E-state index contributed by atoms with van der Waals surface area (Å²) in [6, 6.07) is 47.0. The van der Waals surface area contributed by atoms with Crippen LogP contribution in [0.4, 0.5) is 11.4 Å². The standard InChI is InChI=1S/C38H33N6O3P.C18H20N2O2.4CH3/c45-48(46,47)26-25-41-17-8-30(9-18-41)31-10-19-42(20-11-31)28-35-4-1-5-36(40-35)29-43-21-12-32(13-22-43)33-14-23-44(24-15-33)37-7-6-34-3-2-16-39-38(34)27-37;1-19(2)13-7-5-12(6-8-13)17-15-10-9-14(20(3)4)11-16(15)18(21)22-17;;;;/h1-24,27H,25-26,28-29H2;5-11,17H,1-4H3;4*1H3/q+2;;4*-1/p+2. The van der Waals surface area contributed by atoms with Gasteiger partial charge < -0.3 is 54.0 Å². The van der Waals surface area contributed by atoms with Gasteiger partial charge in [0.2, 0.25) is 5.69 Å². The second-order valence-corrected chi connectivity index (χ2v) is 19.4. The van der Waals surface area contributed by atoms with Gasteiger partial charge in [0.25, 0.3) is 0 Å². The van der Waals surface area contributed by atoms with Crippen LogP contribution in [0.1, 0.15) is 39.0 Å². The van der Waals surface area contributed by atoms with Crippen molar-refractivity contribution >= 4 is 35.8 Å². The number of rotatable bonds is 13. The molecule has 0 aliphatic carbocycles. The van der Waals surface area contributed by atoms with Crippen molar-refractivity contribution in [2.75, 3.05) is 44.2 Å². The average Bonchev–Trinajstić information content (AvgIpc) is 3.71. The molecule has 1 aliphatic rings. The average molecular weight is 1010 g/mol. The summed E-state index contributed by atoms with van der Waals surface area (Å²) in [6.07, 6.45) is 17.4. The van der Waals surface area contributed by atoms with Crippen molar-refractivity contribution in [1.29, 1.82) is 0 Å². The summed E-state index contributed by atoms with van der Waals surface area (Å²) in [5, 5.41) is 1.13. The number of aryl methyl sites for hydroxylation is 1. The van der Waals surface area contributed by atoms with E-state index in [9.17, 15) is 9.36 Å². The Morgan fingerprint density at radius 1 is 0.581 bits per heavy atom. The zero-order valence-corrected chi connectivity index (χ0v) is 44.4. The van der Waals surface area contributed by atoms with Crippen molar-refractivity contribution in [2.45, 2.75) is 25.7 Å². The van der Waals surface area contributed by atoms with E-state index >= 15 is 0 Å². The number of pyridine rings is 6. The zero-order chi connectivity index (χ0) is 48.8. The third kappa shape index (κ3) is 14.0. The molecule has 0 spiro atoms. The highest BCUT2D eigenvalue weighted by Gasteiger charge is 2.32. The highest BCUT2D eigenvalue weighted by molar-refractivity contribution is 7.51. The zero-order valence-electron chi connectivity index (χ0n) is 43.5. The number of benzene rings is 3. The molecule has 0 radical (unpaired) electrons. The molecule has 3 aromatic carbocycles. The molecule has 9 aromatic rings. The van der Waals surface area contributed by atoms with Gasteiger partial charge in [0.1, 0.15) is 17.5 Å².